The summed E-state index contributed by atoms with van der Waals surface area (Å²) in [6, 6.07) is 6.00. The zero-order valence-electron chi connectivity index (χ0n) is 13.6. The van der Waals surface area contributed by atoms with Crippen LogP contribution in [-0.2, 0) is 0 Å². The maximum absolute atomic E-state index is 12.1. The first-order valence-corrected chi connectivity index (χ1v) is 8.01. The molecule has 1 heterocycles. The molecule has 126 valence electrons. The molecule has 0 bridgehead atoms. The van der Waals surface area contributed by atoms with Crippen LogP contribution in [0.25, 0.3) is 0 Å². The summed E-state index contributed by atoms with van der Waals surface area (Å²) in [4.78, 5) is 24.9. The molecule has 1 fully saturated rings. The largest absolute Gasteiger partial charge is 0.336 e. The number of para-hydroxylation sites is 2. The molecule has 1 saturated heterocycles. The lowest BCUT2D eigenvalue weighted by Gasteiger charge is -2.30. The number of hydrogen-bond acceptors (Lipinski definition) is 4. The van der Waals surface area contributed by atoms with E-state index in [4.69, 9.17) is 0 Å². The number of likely N-dealkylation sites (tertiary alicyclic amines) is 1. The Bertz CT molecular complexity index is 556. The van der Waals surface area contributed by atoms with Gasteiger partial charge in [0, 0.05) is 18.7 Å². The highest BCUT2D eigenvalue weighted by Crippen LogP contribution is 2.23. The Labute approximate surface area is 136 Å². The van der Waals surface area contributed by atoms with Gasteiger partial charge in [-0.15, -0.1) is 0 Å². The molecule has 1 atom stereocenters. The zero-order valence-corrected chi connectivity index (χ0v) is 13.6. The maximum atomic E-state index is 12.1. The van der Waals surface area contributed by atoms with Crippen LogP contribution in [-0.4, -0.2) is 41.5 Å². The standard InChI is InChI=1S/C16H24N4O3/c1-12(2)15(19-9-5-6-10-19)11-17-16(21)18-13-7-3-4-8-14(13)20(22)23/h3-4,7-8,12,15H,5-6,9-11H2,1-2H3,(H2,17,18,21). The minimum atomic E-state index is -0.503. The van der Waals surface area contributed by atoms with Gasteiger partial charge in [-0.25, -0.2) is 4.79 Å². The van der Waals surface area contributed by atoms with E-state index in [1.165, 1.54) is 25.0 Å². The third-order valence-corrected chi connectivity index (χ3v) is 4.20. The fourth-order valence-corrected chi connectivity index (χ4v) is 2.96. The van der Waals surface area contributed by atoms with Gasteiger partial charge in [-0.05, 0) is 37.9 Å². The van der Waals surface area contributed by atoms with Crippen LogP contribution in [0, 0.1) is 16.0 Å². The Kier molecular flexibility index (Phi) is 5.92. The third kappa shape index (κ3) is 4.66. The Balaban J connectivity index is 1.93. The molecule has 23 heavy (non-hydrogen) atoms. The topological polar surface area (TPSA) is 87.5 Å². The lowest BCUT2D eigenvalue weighted by molar-refractivity contribution is -0.383. The number of amides is 2. The molecule has 2 amide bonds. The SMILES string of the molecule is CC(C)C(CNC(=O)Nc1ccccc1[N+](=O)[O-])N1CCCC1. The van der Waals surface area contributed by atoms with Crippen molar-refractivity contribution in [3.63, 3.8) is 0 Å². The van der Waals surface area contributed by atoms with Crippen LogP contribution in [0.3, 0.4) is 0 Å². The Morgan fingerprint density at radius 2 is 1.96 bits per heavy atom. The Hall–Kier alpha value is -2.15. The average molecular weight is 320 g/mol. The number of hydrogen-bond donors (Lipinski definition) is 2. The fourth-order valence-electron chi connectivity index (χ4n) is 2.96. The fraction of sp³-hybridized carbons (Fsp3) is 0.562. The van der Waals surface area contributed by atoms with Crippen molar-refractivity contribution in [3.8, 4) is 0 Å². The van der Waals surface area contributed by atoms with Crippen LogP contribution in [0.15, 0.2) is 24.3 Å². The van der Waals surface area contributed by atoms with Gasteiger partial charge in [-0.2, -0.15) is 0 Å². The second kappa shape index (κ2) is 7.92. The van der Waals surface area contributed by atoms with Gasteiger partial charge in [0.05, 0.1) is 4.92 Å². The molecule has 0 aromatic heterocycles. The molecule has 1 aromatic rings. The summed E-state index contributed by atoms with van der Waals surface area (Å²) in [5.41, 5.74) is 0.0971. The lowest BCUT2D eigenvalue weighted by Crippen LogP contribution is -2.46. The van der Waals surface area contributed by atoms with Crippen molar-refractivity contribution in [1.82, 2.24) is 10.2 Å². The van der Waals surface area contributed by atoms with Gasteiger partial charge in [0.15, 0.2) is 0 Å². The lowest BCUT2D eigenvalue weighted by atomic mass is 10.0. The van der Waals surface area contributed by atoms with Crippen molar-refractivity contribution < 1.29 is 9.72 Å². The molecule has 0 saturated carbocycles. The summed E-state index contributed by atoms with van der Waals surface area (Å²) < 4.78 is 0. The molecule has 0 spiro atoms. The molecular formula is C16H24N4O3. The van der Waals surface area contributed by atoms with Gasteiger partial charge in [0.2, 0.25) is 0 Å². The number of carbonyl (C=O) groups is 1. The summed E-state index contributed by atoms with van der Waals surface area (Å²) in [7, 11) is 0. The van der Waals surface area contributed by atoms with Gasteiger partial charge in [0.1, 0.15) is 5.69 Å². The number of benzene rings is 1. The van der Waals surface area contributed by atoms with E-state index in [0.29, 0.717) is 12.5 Å². The van der Waals surface area contributed by atoms with Crippen LogP contribution in [0.1, 0.15) is 26.7 Å². The number of carbonyl (C=O) groups excluding carboxylic acids is 1. The van der Waals surface area contributed by atoms with Gasteiger partial charge < -0.3 is 10.6 Å². The van der Waals surface area contributed by atoms with Gasteiger partial charge in [0.25, 0.3) is 5.69 Å². The first-order valence-electron chi connectivity index (χ1n) is 8.01. The third-order valence-electron chi connectivity index (χ3n) is 4.20. The van der Waals surface area contributed by atoms with E-state index in [1.807, 2.05) is 0 Å². The second-order valence-corrected chi connectivity index (χ2v) is 6.16. The van der Waals surface area contributed by atoms with E-state index in [1.54, 1.807) is 12.1 Å². The van der Waals surface area contributed by atoms with Crippen LogP contribution >= 0.6 is 0 Å². The summed E-state index contributed by atoms with van der Waals surface area (Å²) in [6.07, 6.45) is 2.40. The summed E-state index contributed by atoms with van der Waals surface area (Å²) in [5, 5.41) is 16.4. The molecule has 7 heteroatoms. The van der Waals surface area contributed by atoms with Crippen LogP contribution in [0.4, 0.5) is 16.2 Å². The number of rotatable bonds is 6. The van der Waals surface area contributed by atoms with Crippen molar-refractivity contribution in [2.75, 3.05) is 25.0 Å². The highest BCUT2D eigenvalue weighted by Gasteiger charge is 2.25. The smallest absolute Gasteiger partial charge is 0.319 e. The van der Waals surface area contributed by atoms with Crippen molar-refractivity contribution in [3.05, 3.63) is 34.4 Å². The number of nitro benzene ring substituents is 1. The van der Waals surface area contributed by atoms with E-state index in [2.05, 4.69) is 29.4 Å². The molecule has 1 aliphatic heterocycles. The predicted molar refractivity (Wildman–Crippen MR) is 89.6 cm³/mol. The minimum Gasteiger partial charge on any atom is -0.336 e. The molecule has 0 aliphatic carbocycles. The molecule has 2 rings (SSSR count). The number of nitro groups is 1. The highest BCUT2D eigenvalue weighted by molar-refractivity contribution is 5.91. The first kappa shape index (κ1) is 17.2. The average Bonchev–Trinajstić information content (AvgIpc) is 3.01. The number of nitrogens with one attached hydrogen (secondary N) is 2. The number of anilines is 1. The Morgan fingerprint density at radius 1 is 1.30 bits per heavy atom. The molecule has 7 nitrogen and oxygen atoms in total. The summed E-state index contributed by atoms with van der Waals surface area (Å²) in [6.45, 7) is 6.95. The van der Waals surface area contributed by atoms with Crippen molar-refractivity contribution in [2.45, 2.75) is 32.7 Å². The summed E-state index contributed by atoms with van der Waals surface area (Å²) in [5.74, 6) is 0.430. The highest BCUT2D eigenvalue weighted by atomic mass is 16.6. The summed E-state index contributed by atoms with van der Waals surface area (Å²) >= 11 is 0. The van der Waals surface area contributed by atoms with Crippen molar-refractivity contribution >= 4 is 17.4 Å². The second-order valence-electron chi connectivity index (χ2n) is 6.16. The van der Waals surface area contributed by atoms with E-state index < -0.39 is 11.0 Å². The quantitative estimate of drug-likeness (QED) is 0.623. The normalized spacial score (nSPS) is 16.3. The van der Waals surface area contributed by atoms with E-state index in [-0.39, 0.29) is 17.4 Å². The van der Waals surface area contributed by atoms with Gasteiger partial charge >= 0.3 is 6.03 Å². The van der Waals surface area contributed by atoms with E-state index >= 15 is 0 Å². The zero-order chi connectivity index (χ0) is 16.8. The molecule has 2 N–H and O–H groups in total. The Morgan fingerprint density at radius 3 is 2.57 bits per heavy atom. The van der Waals surface area contributed by atoms with Gasteiger partial charge in [-0.3, -0.25) is 15.0 Å². The maximum Gasteiger partial charge on any atom is 0.319 e. The number of urea groups is 1. The van der Waals surface area contributed by atoms with Crippen LogP contribution in [0.2, 0.25) is 0 Å². The molecule has 1 unspecified atom stereocenters. The first-order chi connectivity index (χ1) is 11.0. The van der Waals surface area contributed by atoms with Crippen molar-refractivity contribution in [2.24, 2.45) is 5.92 Å². The molecule has 1 aromatic carbocycles. The minimum absolute atomic E-state index is 0.109. The molecule has 0 radical (unpaired) electrons. The predicted octanol–water partition coefficient (Wildman–Crippen LogP) is 2.84. The van der Waals surface area contributed by atoms with Crippen LogP contribution < -0.4 is 10.6 Å². The molecule has 1 aliphatic rings. The van der Waals surface area contributed by atoms with Gasteiger partial charge in [-0.1, -0.05) is 26.0 Å². The monoisotopic (exact) mass is 320 g/mol. The van der Waals surface area contributed by atoms with E-state index in [9.17, 15) is 14.9 Å². The van der Waals surface area contributed by atoms with E-state index in [0.717, 1.165) is 13.1 Å². The van der Waals surface area contributed by atoms with Crippen molar-refractivity contribution in [1.29, 1.82) is 0 Å². The number of nitrogens with zero attached hydrogens (tertiary/aromatic N) is 2. The van der Waals surface area contributed by atoms with Crippen LogP contribution in [0.5, 0.6) is 0 Å². The molecular weight excluding hydrogens is 296 g/mol.